The molecule has 2 aromatic rings. The number of fused-ring (bicyclic) bond motifs is 3. The van der Waals surface area contributed by atoms with Gasteiger partial charge < -0.3 is 9.32 Å². The third-order valence-electron chi connectivity index (χ3n) is 3.90. The summed E-state index contributed by atoms with van der Waals surface area (Å²) in [5, 5.41) is 1.30. The summed E-state index contributed by atoms with van der Waals surface area (Å²) in [7, 11) is 4.27. The van der Waals surface area contributed by atoms with E-state index in [1.807, 2.05) is 6.07 Å². The maximum Gasteiger partial charge on any atom is 0.134 e. The minimum absolute atomic E-state index is 0. The average Bonchev–Trinajstić information content (AvgIpc) is 2.76. The van der Waals surface area contributed by atoms with Gasteiger partial charge in [-0.25, -0.2) is 0 Å². The molecule has 0 N–H and O–H groups in total. The van der Waals surface area contributed by atoms with Gasteiger partial charge in [-0.3, -0.25) is 4.90 Å². The van der Waals surface area contributed by atoms with E-state index in [4.69, 9.17) is 4.42 Å². The van der Waals surface area contributed by atoms with Gasteiger partial charge in [-0.1, -0.05) is 18.2 Å². The Hall–Kier alpha value is -0.740. The molecule has 0 fully saturated rings. The number of rotatable bonds is 4. The number of hydrogen-bond donors (Lipinski definition) is 0. The van der Waals surface area contributed by atoms with E-state index in [2.05, 4.69) is 42.1 Å². The first kappa shape index (κ1) is 18.3. The highest BCUT2D eigenvalue weighted by atomic mass is 35.5. The lowest BCUT2D eigenvalue weighted by molar-refractivity contribution is 0.230. The summed E-state index contributed by atoms with van der Waals surface area (Å²) in [4.78, 5) is 4.80. The van der Waals surface area contributed by atoms with Gasteiger partial charge in [0.25, 0.3) is 0 Å². The maximum atomic E-state index is 5.95. The Morgan fingerprint density at radius 3 is 2.71 bits per heavy atom. The van der Waals surface area contributed by atoms with Gasteiger partial charge >= 0.3 is 0 Å². The molecule has 2 heterocycles. The summed E-state index contributed by atoms with van der Waals surface area (Å²) < 4.78 is 5.95. The first-order valence-corrected chi connectivity index (χ1v) is 7.10. The van der Waals surface area contributed by atoms with Crippen molar-refractivity contribution in [2.75, 3.05) is 33.7 Å². The zero-order chi connectivity index (χ0) is 13.2. The molecule has 0 radical (unpaired) electrons. The molecule has 118 valence electrons. The fourth-order valence-electron chi connectivity index (χ4n) is 2.89. The number of nitrogens with zero attached hydrogens (tertiary/aromatic N) is 2. The molecule has 0 saturated heterocycles. The molecule has 21 heavy (non-hydrogen) atoms. The van der Waals surface area contributed by atoms with Gasteiger partial charge in [-0.15, -0.1) is 24.8 Å². The van der Waals surface area contributed by atoms with Crippen LogP contribution in [0, 0.1) is 0 Å². The molecular formula is C16H24Cl2N2O. The van der Waals surface area contributed by atoms with Gasteiger partial charge in [0, 0.05) is 30.5 Å². The molecule has 1 aromatic heterocycles. The molecule has 3 rings (SSSR count). The SMILES string of the molecule is CN(C)CCCN1CCc2oc3ccccc3c2C1.Cl.Cl. The largest absolute Gasteiger partial charge is 0.461 e. The highest BCUT2D eigenvalue weighted by Crippen LogP contribution is 2.30. The van der Waals surface area contributed by atoms with Gasteiger partial charge in [-0.2, -0.15) is 0 Å². The number of halogens is 2. The van der Waals surface area contributed by atoms with Crippen LogP contribution >= 0.6 is 24.8 Å². The Morgan fingerprint density at radius 2 is 1.95 bits per heavy atom. The summed E-state index contributed by atoms with van der Waals surface area (Å²) >= 11 is 0. The monoisotopic (exact) mass is 330 g/mol. The Kier molecular flexibility index (Phi) is 7.01. The van der Waals surface area contributed by atoms with Crippen LogP contribution in [-0.4, -0.2) is 43.5 Å². The molecule has 0 bridgehead atoms. The lowest BCUT2D eigenvalue weighted by atomic mass is 10.0. The van der Waals surface area contributed by atoms with Crippen LogP contribution in [0.2, 0.25) is 0 Å². The van der Waals surface area contributed by atoms with Gasteiger partial charge in [0.05, 0.1) is 0 Å². The second kappa shape index (κ2) is 8.04. The highest BCUT2D eigenvalue weighted by molar-refractivity contribution is 5.85. The molecule has 1 aromatic carbocycles. The fraction of sp³-hybridized carbons (Fsp3) is 0.500. The summed E-state index contributed by atoms with van der Waals surface area (Å²) in [6.07, 6.45) is 2.28. The molecule has 0 saturated carbocycles. The molecule has 3 nitrogen and oxygen atoms in total. The van der Waals surface area contributed by atoms with E-state index in [9.17, 15) is 0 Å². The van der Waals surface area contributed by atoms with Crippen molar-refractivity contribution in [3.05, 3.63) is 35.6 Å². The smallest absolute Gasteiger partial charge is 0.134 e. The van der Waals surface area contributed by atoms with Crippen LogP contribution in [0.25, 0.3) is 11.0 Å². The van der Waals surface area contributed by atoms with Crippen molar-refractivity contribution < 1.29 is 4.42 Å². The number of para-hydroxylation sites is 1. The molecule has 1 aliphatic heterocycles. The topological polar surface area (TPSA) is 19.6 Å². The van der Waals surface area contributed by atoms with Crippen molar-refractivity contribution in [1.82, 2.24) is 9.80 Å². The maximum absolute atomic E-state index is 5.95. The van der Waals surface area contributed by atoms with Crippen LogP contribution < -0.4 is 0 Å². The predicted octanol–water partition coefficient (Wildman–Crippen LogP) is 3.59. The lowest BCUT2D eigenvalue weighted by Crippen LogP contribution is -2.32. The van der Waals surface area contributed by atoms with E-state index < -0.39 is 0 Å². The standard InChI is InChI=1S/C16H22N2O.2ClH/c1-17(2)9-5-10-18-11-8-16-14(12-18)13-6-3-4-7-15(13)19-16;;/h3-4,6-7H,5,8-12H2,1-2H3;2*1H. The van der Waals surface area contributed by atoms with E-state index in [-0.39, 0.29) is 24.8 Å². The molecular weight excluding hydrogens is 307 g/mol. The van der Waals surface area contributed by atoms with E-state index in [0.29, 0.717) is 0 Å². The number of furan rings is 1. The van der Waals surface area contributed by atoms with Gasteiger partial charge in [-0.05, 0) is 39.7 Å². The third-order valence-corrected chi connectivity index (χ3v) is 3.90. The van der Waals surface area contributed by atoms with E-state index in [0.717, 1.165) is 31.6 Å². The summed E-state index contributed by atoms with van der Waals surface area (Å²) in [5.74, 6) is 1.20. The van der Waals surface area contributed by atoms with Crippen molar-refractivity contribution in [1.29, 1.82) is 0 Å². The molecule has 1 aliphatic rings. The Labute approximate surface area is 139 Å². The Morgan fingerprint density at radius 1 is 1.19 bits per heavy atom. The zero-order valence-corrected chi connectivity index (χ0v) is 14.3. The van der Waals surface area contributed by atoms with Crippen LogP contribution in [0.5, 0.6) is 0 Å². The van der Waals surface area contributed by atoms with Gasteiger partial charge in [0.2, 0.25) is 0 Å². The Bertz CT molecular complexity index is 568. The lowest BCUT2D eigenvalue weighted by Gasteiger charge is -2.26. The van der Waals surface area contributed by atoms with Crippen LogP contribution in [-0.2, 0) is 13.0 Å². The van der Waals surface area contributed by atoms with E-state index >= 15 is 0 Å². The second-order valence-electron chi connectivity index (χ2n) is 5.68. The van der Waals surface area contributed by atoms with Crippen LogP contribution in [0.4, 0.5) is 0 Å². The first-order valence-electron chi connectivity index (χ1n) is 7.10. The summed E-state index contributed by atoms with van der Waals surface area (Å²) in [6, 6.07) is 8.40. The summed E-state index contributed by atoms with van der Waals surface area (Å²) in [6.45, 7) is 4.51. The van der Waals surface area contributed by atoms with Gasteiger partial charge in [0.1, 0.15) is 11.3 Å². The Balaban J connectivity index is 0.00000110. The molecule has 5 heteroatoms. The normalized spacial score (nSPS) is 14.6. The second-order valence-corrected chi connectivity index (χ2v) is 5.68. The predicted molar refractivity (Wildman–Crippen MR) is 92.9 cm³/mol. The molecule has 0 unspecified atom stereocenters. The minimum atomic E-state index is 0. The van der Waals surface area contributed by atoms with Crippen LogP contribution in [0.3, 0.4) is 0 Å². The minimum Gasteiger partial charge on any atom is -0.461 e. The quantitative estimate of drug-likeness (QED) is 0.854. The molecule has 0 aliphatic carbocycles. The van der Waals surface area contributed by atoms with Crippen molar-refractivity contribution in [2.45, 2.75) is 19.4 Å². The molecule has 0 atom stereocenters. The number of hydrogen-bond acceptors (Lipinski definition) is 3. The van der Waals surface area contributed by atoms with Crippen molar-refractivity contribution in [2.24, 2.45) is 0 Å². The average molecular weight is 331 g/mol. The molecule has 0 amide bonds. The fourth-order valence-corrected chi connectivity index (χ4v) is 2.89. The first-order chi connectivity index (χ1) is 9.24. The van der Waals surface area contributed by atoms with Crippen LogP contribution in [0.15, 0.2) is 28.7 Å². The van der Waals surface area contributed by atoms with Crippen molar-refractivity contribution in [3.63, 3.8) is 0 Å². The highest BCUT2D eigenvalue weighted by Gasteiger charge is 2.21. The zero-order valence-electron chi connectivity index (χ0n) is 12.7. The molecule has 0 spiro atoms. The van der Waals surface area contributed by atoms with E-state index in [1.165, 1.54) is 29.7 Å². The number of benzene rings is 1. The van der Waals surface area contributed by atoms with Crippen molar-refractivity contribution in [3.8, 4) is 0 Å². The summed E-state index contributed by atoms with van der Waals surface area (Å²) in [5.41, 5.74) is 2.45. The van der Waals surface area contributed by atoms with Gasteiger partial charge in [0.15, 0.2) is 0 Å². The van der Waals surface area contributed by atoms with E-state index in [1.54, 1.807) is 0 Å². The van der Waals surface area contributed by atoms with Crippen molar-refractivity contribution >= 4 is 35.8 Å². The third kappa shape index (κ3) is 4.13. The van der Waals surface area contributed by atoms with Crippen LogP contribution in [0.1, 0.15) is 17.7 Å².